The van der Waals surface area contributed by atoms with Gasteiger partial charge in [0.2, 0.25) is 5.95 Å². The zero-order valence-electron chi connectivity index (χ0n) is 12.8. The van der Waals surface area contributed by atoms with Crippen LogP contribution in [0.2, 0.25) is 0 Å². The molecule has 1 aliphatic rings. The molecule has 1 aliphatic heterocycles. The fraction of sp³-hybridized carbons (Fsp3) is 0.643. The first kappa shape index (κ1) is 17.5. The van der Waals surface area contributed by atoms with Crippen LogP contribution in [0.25, 0.3) is 0 Å². The van der Waals surface area contributed by atoms with Gasteiger partial charge in [0.15, 0.2) is 5.69 Å². The molecule has 1 aromatic heterocycles. The Bertz CT molecular complexity index is 565. The van der Waals surface area contributed by atoms with E-state index in [0.717, 1.165) is 25.5 Å². The lowest BCUT2D eigenvalue weighted by atomic mass is 9.98. The van der Waals surface area contributed by atoms with E-state index in [2.05, 4.69) is 9.97 Å². The van der Waals surface area contributed by atoms with Gasteiger partial charge in [0.1, 0.15) is 0 Å². The Labute approximate surface area is 131 Å². The molecular formula is C14H19F3N4O2. The van der Waals surface area contributed by atoms with Crippen molar-refractivity contribution in [2.75, 3.05) is 26.0 Å². The van der Waals surface area contributed by atoms with E-state index in [-0.39, 0.29) is 6.04 Å². The molecule has 0 bridgehead atoms. The third-order valence-corrected chi connectivity index (χ3v) is 3.85. The predicted octanol–water partition coefficient (Wildman–Crippen LogP) is 2.11. The number of nitrogens with zero attached hydrogens (tertiary/aromatic N) is 3. The van der Waals surface area contributed by atoms with Crippen molar-refractivity contribution in [1.29, 1.82) is 0 Å². The first-order valence-corrected chi connectivity index (χ1v) is 7.34. The number of aromatic nitrogens is 2. The summed E-state index contributed by atoms with van der Waals surface area (Å²) in [6.07, 6.45) is -0.893. The third kappa shape index (κ3) is 4.10. The molecule has 2 rings (SSSR count). The fourth-order valence-electron chi connectivity index (χ4n) is 2.74. The third-order valence-electron chi connectivity index (χ3n) is 3.85. The van der Waals surface area contributed by atoms with Gasteiger partial charge in [-0.25, -0.2) is 9.97 Å². The molecule has 0 spiro atoms. The van der Waals surface area contributed by atoms with Gasteiger partial charge in [-0.15, -0.1) is 0 Å². The number of nitrogens with two attached hydrogens (primary N) is 1. The molecule has 128 valence electrons. The molecule has 2 N–H and O–H groups in total. The fourth-order valence-corrected chi connectivity index (χ4v) is 2.74. The number of hydrogen-bond acceptors (Lipinski definition) is 5. The molecular weight excluding hydrogens is 313 g/mol. The van der Waals surface area contributed by atoms with Crippen LogP contribution in [-0.2, 0) is 10.9 Å². The molecule has 2 heterocycles. The van der Waals surface area contributed by atoms with Crippen LogP contribution in [0.4, 0.5) is 19.1 Å². The minimum Gasteiger partial charge on any atom is -0.385 e. The van der Waals surface area contributed by atoms with Crippen molar-refractivity contribution in [2.24, 2.45) is 0 Å². The number of carbonyl (C=O) groups excluding carboxylic acids is 1. The summed E-state index contributed by atoms with van der Waals surface area (Å²) in [6.45, 7) is 0.855. The first-order chi connectivity index (χ1) is 10.8. The summed E-state index contributed by atoms with van der Waals surface area (Å²) >= 11 is 0. The van der Waals surface area contributed by atoms with E-state index in [1.807, 2.05) is 0 Å². The van der Waals surface area contributed by atoms with Gasteiger partial charge in [0.05, 0.1) is 5.56 Å². The molecule has 1 saturated heterocycles. The normalized spacial score (nSPS) is 19.0. The highest BCUT2D eigenvalue weighted by atomic mass is 19.4. The van der Waals surface area contributed by atoms with E-state index >= 15 is 0 Å². The van der Waals surface area contributed by atoms with Gasteiger partial charge in [-0.3, -0.25) is 4.79 Å². The van der Waals surface area contributed by atoms with Crippen LogP contribution in [-0.4, -0.2) is 47.1 Å². The second kappa shape index (κ2) is 7.12. The van der Waals surface area contributed by atoms with Crippen molar-refractivity contribution in [2.45, 2.75) is 37.9 Å². The Morgan fingerprint density at radius 1 is 1.48 bits per heavy atom. The second-order valence-electron chi connectivity index (χ2n) is 5.42. The maximum Gasteiger partial charge on any atom is 0.434 e. The Kier molecular flexibility index (Phi) is 5.40. The van der Waals surface area contributed by atoms with Crippen LogP contribution in [0.1, 0.15) is 41.7 Å². The van der Waals surface area contributed by atoms with Gasteiger partial charge in [-0.1, -0.05) is 0 Å². The SMILES string of the molecule is COCC[C@H]1CCCCN1C(=O)c1cnc(N)nc1C(F)(F)F. The molecule has 1 aromatic rings. The number of amides is 1. The van der Waals surface area contributed by atoms with E-state index in [1.54, 1.807) is 7.11 Å². The van der Waals surface area contributed by atoms with Gasteiger partial charge in [-0.05, 0) is 25.7 Å². The van der Waals surface area contributed by atoms with Gasteiger partial charge in [0, 0.05) is 32.5 Å². The van der Waals surface area contributed by atoms with Gasteiger partial charge in [-0.2, -0.15) is 13.2 Å². The summed E-state index contributed by atoms with van der Waals surface area (Å²) in [7, 11) is 1.55. The lowest BCUT2D eigenvalue weighted by Crippen LogP contribution is -2.45. The average Bonchev–Trinajstić information content (AvgIpc) is 2.51. The van der Waals surface area contributed by atoms with E-state index < -0.39 is 29.3 Å². The molecule has 9 heteroatoms. The van der Waals surface area contributed by atoms with E-state index in [0.29, 0.717) is 19.6 Å². The summed E-state index contributed by atoms with van der Waals surface area (Å²) < 4.78 is 44.4. The Hall–Kier alpha value is -1.90. The quantitative estimate of drug-likeness (QED) is 0.913. The van der Waals surface area contributed by atoms with Crippen LogP contribution >= 0.6 is 0 Å². The summed E-state index contributed by atoms with van der Waals surface area (Å²) in [5.41, 5.74) is 3.39. The lowest BCUT2D eigenvalue weighted by molar-refractivity contribution is -0.141. The molecule has 1 atom stereocenters. The molecule has 0 radical (unpaired) electrons. The van der Waals surface area contributed by atoms with Gasteiger partial charge < -0.3 is 15.4 Å². The van der Waals surface area contributed by atoms with Crippen molar-refractivity contribution < 1.29 is 22.7 Å². The summed E-state index contributed by atoms with van der Waals surface area (Å²) in [4.78, 5) is 20.8. The number of halogens is 3. The van der Waals surface area contributed by atoms with Crippen LogP contribution in [0.15, 0.2) is 6.20 Å². The summed E-state index contributed by atoms with van der Waals surface area (Å²) in [5, 5.41) is 0. The number of anilines is 1. The highest BCUT2D eigenvalue weighted by Crippen LogP contribution is 2.32. The van der Waals surface area contributed by atoms with Crippen molar-refractivity contribution in [3.63, 3.8) is 0 Å². The van der Waals surface area contributed by atoms with E-state index in [4.69, 9.17) is 10.5 Å². The zero-order chi connectivity index (χ0) is 17.0. The average molecular weight is 332 g/mol. The molecule has 1 fully saturated rings. The number of methoxy groups -OCH3 is 1. The Morgan fingerprint density at radius 3 is 2.87 bits per heavy atom. The van der Waals surface area contributed by atoms with Gasteiger partial charge >= 0.3 is 6.18 Å². The number of carbonyl (C=O) groups is 1. The highest BCUT2D eigenvalue weighted by molar-refractivity contribution is 5.95. The van der Waals surface area contributed by atoms with Crippen molar-refractivity contribution in [3.8, 4) is 0 Å². The number of piperidine rings is 1. The number of ether oxygens (including phenoxy) is 1. The minimum atomic E-state index is -4.76. The summed E-state index contributed by atoms with van der Waals surface area (Å²) in [5.74, 6) is -1.22. The molecule has 6 nitrogen and oxygen atoms in total. The number of alkyl halides is 3. The zero-order valence-corrected chi connectivity index (χ0v) is 12.8. The highest BCUT2D eigenvalue weighted by Gasteiger charge is 2.40. The molecule has 23 heavy (non-hydrogen) atoms. The maximum atomic E-state index is 13.1. The smallest absolute Gasteiger partial charge is 0.385 e. The van der Waals surface area contributed by atoms with E-state index in [9.17, 15) is 18.0 Å². The summed E-state index contributed by atoms with van der Waals surface area (Å²) in [6, 6.07) is -0.144. The maximum absolute atomic E-state index is 13.1. The topological polar surface area (TPSA) is 81.3 Å². The molecule has 1 amide bonds. The van der Waals surface area contributed by atoms with Crippen molar-refractivity contribution in [1.82, 2.24) is 14.9 Å². The predicted molar refractivity (Wildman–Crippen MR) is 76.6 cm³/mol. The number of nitrogen functional groups attached to an aromatic ring is 1. The second-order valence-corrected chi connectivity index (χ2v) is 5.42. The van der Waals surface area contributed by atoms with E-state index in [1.165, 1.54) is 4.90 Å². The van der Waals surface area contributed by atoms with Crippen LogP contribution in [0, 0.1) is 0 Å². The van der Waals surface area contributed by atoms with Crippen molar-refractivity contribution >= 4 is 11.9 Å². The van der Waals surface area contributed by atoms with Crippen molar-refractivity contribution in [3.05, 3.63) is 17.5 Å². The molecule has 0 saturated carbocycles. The van der Waals surface area contributed by atoms with Crippen LogP contribution in [0.5, 0.6) is 0 Å². The monoisotopic (exact) mass is 332 g/mol. The largest absolute Gasteiger partial charge is 0.434 e. The molecule has 0 aromatic carbocycles. The Morgan fingerprint density at radius 2 is 2.22 bits per heavy atom. The molecule has 0 aliphatic carbocycles. The van der Waals surface area contributed by atoms with Gasteiger partial charge in [0.25, 0.3) is 5.91 Å². The number of rotatable bonds is 4. The first-order valence-electron chi connectivity index (χ1n) is 7.34. The molecule has 0 unspecified atom stereocenters. The van der Waals surface area contributed by atoms with Crippen LogP contribution < -0.4 is 5.73 Å². The lowest BCUT2D eigenvalue weighted by Gasteiger charge is -2.36. The minimum absolute atomic E-state index is 0.144. The standard InChI is InChI=1S/C14H19F3N4O2/c1-23-7-5-9-4-2-3-6-21(9)12(22)10-8-19-13(18)20-11(10)14(15,16)17/h8-9H,2-7H2,1H3,(H2,18,19,20)/t9-/m1/s1. The number of hydrogen-bond donors (Lipinski definition) is 1. The Balaban J connectivity index is 2.31. The number of likely N-dealkylation sites (tertiary alicyclic amines) is 1. The van der Waals surface area contributed by atoms with Crippen LogP contribution in [0.3, 0.4) is 0 Å².